The van der Waals surface area contributed by atoms with Crippen LogP contribution in [-0.4, -0.2) is 67.0 Å². The molecule has 1 aliphatic heterocycles. The van der Waals surface area contributed by atoms with Gasteiger partial charge < -0.3 is 25.8 Å². The summed E-state index contributed by atoms with van der Waals surface area (Å²) >= 11 is 6.21. The number of carbonyl (C=O) groups is 3. The first-order valence-electron chi connectivity index (χ1n) is 11.4. The van der Waals surface area contributed by atoms with E-state index in [4.69, 9.17) is 11.6 Å². The van der Waals surface area contributed by atoms with Crippen molar-refractivity contribution in [2.24, 2.45) is 5.92 Å². The fourth-order valence-corrected chi connectivity index (χ4v) is 3.78. The molecule has 0 bridgehead atoms. The topological polar surface area (TPSA) is 107 Å². The molecule has 3 rings (SSSR count). The van der Waals surface area contributed by atoms with Crippen molar-refractivity contribution in [1.29, 1.82) is 0 Å². The maximum Gasteiger partial charge on any atom is 0.319 e. The molecule has 2 aromatic rings. The smallest absolute Gasteiger partial charge is 0.319 e. The summed E-state index contributed by atoms with van der Waals surface area (Å²) in [4.78, 5) is 45.2. The van der Waals surface area contributed by atoms with Gasteiger partial charge >= 0.3 is 6.03 Å². The quantitative estimate of drug-likeness (QED) is 0.531. The van der Waals surface area contributed by atoms with Crippen molar-refractivity contribution in [3.8, 4) is 0 Å². The van der Waals surface area contributed by atoms with E-state index in [9.17, 15) is 14.4 Å². The van der Waals surface area contributed by atoms with E-state index in [1.807, 2.05) is 36.9 Å². The first-order chi connectivity index (χ1) is 16.3. The zero-order chi connectivity index (χ0) is 24.5. The Morgan fingerprint density at radius 3 is 2.47 bits per heavy atom. The van der Waals surface area contributed by atoms with Gasteiger partial charge in [-0.2, -0.15) is 0 Å². The SMILES string of the molecule is CC(C)CNC(=O)c1ccc(NC(=O)NCCC(=O)N2CCN(c3ccccn3)CC2)cc1Cl. The van der Waals surface area contributed by atoms with Gasteiger partial charge in [-0.15, -0.1) is 0 Å². The highest BCUT2D eigenvalue weighted by Crippen LogP contribution is 2.21. The number of halogens is 1. The van der Waals surface area contributed by atoms with Gasteiger partial charge in [0.1, 0.15) is 5.82 Å². The van der Waals surface area contributed by atoms with E-state index in [1.54, 1.807) is 18.3 Å². The van der Waals surface area contributed by atoms with Crippen LogP contribution < -0.4 is 20.9 Å². The highest BCUT2D eigenvalue weighted by Gasteiger charge is 2.21. The molecule has 1 aromatic carbocycles. The Bertz CT molecular complexity index is 993. The second kappa shape index (κ2) is 12.2. The molecular formula is C24H31ClN6O3. The van der Waals surface area contributed by atoms with Gasteiger partial charge in [0.15, 0.2) is 0 Å². The maximum absolute atomic E-state index is 12.5. The number of anilines is 2. The summed E-state index contributed by atoms with van der Waals surface area (Å²) in [5.74, 6) is 0.988. The lowest BCUT2D eigenvalue weighted by Gasteiger charge is -2.35. The van der Waals surface area contributed by atoms with E-state index >= 15 is 0 Å². The van der Waals surface area contributed by atoms with Gasteiger partial charge in [-0.05, 0) is 36.2 Å². The van der Waals surface area contributed by atoms with Gasteiger partial charge in [-0.1, -0.05) is 31.5 Å². The van der Waals surface area contributed by atoms with Crippen molar-refractivity contribution < 1.29 is 14.4 Å². The van der Waals surface area contributed by atoms with Crippen molar-refractivity contribution in [3.05, 3.63) is 53.2 Å². The van der Waals surface area contributed by atoms with Crippen LogP contribution in [0.25, 0.3) is 0 Å². The molecule has 9 nitrogen and oxygen atoms in total. The Labute approximate surface area is 204 Å². The molecule has 0 saturated carbocycles. The molecule has 0 atom stereocenters. The average molecular weight is 487 g/mol. The van der Waals surface area contributed by atoms with Gasteiger partial charge in [0.05, 0.1) is 10.6 Å². The number of amides is 4. The number of hydrogen-bond acceptors (Lipinski definition) is 5. The van der Waals surface area contributed by atoms with E-state index in [-0.39, 0.29) is 29.8 Å². The number of rotatable bonds is 8. The minimum absolute atomic E-state index is 0.000721. The number of carbonyl (C=O) groups excluding carboxylic acids is 3. The molecule has 1 aromatic heterocycles. The average Bonchev–Trinajstić information content (AvgIpc) is 2.83. The number of benzene rings is 1. The summed E-state index contributed by atoms with van der Waals surface area (Å²) in [6.45, 7) is 7.47. The van der Waals surface area contributed by atoms with Crippen LogP contribution in [0.2, 0.25) is 5.02 Å². The lowest BCUT2D eigenvalue weighted by Crippen LogP contribution is -2.49. The normalized spacial score (nSPS) is 13.5. The third-order valence-corrected chi connectivity index (χ3v) is 5.69. The second-order valence-corrected chi connectivity index (χ2v) is 8.89. The Kier molecular flexibility index (Phi) is 9.09. The van der Waals surface area contributed by atoms with Crippen molar-refractivity contribution in [3.63, 3.8) is 0 Å². The van der Waals surface area contributed by atoms with Crippen LogP contribution in [0, 0.1) is 5.92 Å². The molecule has 1 saturated heterocycles. The molecule has 0 radical (unpaired) electrons. The number of urea groups is 1. The fourth-order valence-electron chi connectivity index (χ4n) is 3.51. The number of nitrogens with zero attached hydrogens (tertiary/aromatic N) is 3. The van der Waals surface area contributed by atoms with Gasteiger partial charge in [-0.3, -0.25) is 9.59 Å². The molecule has 4 amide bonds. The Morgan fingerprint density at radius 2 is 1.82 bits per heavy atom. The van der Waals surface area contributed by atoms with Gasteiger partial charge in [0.25, 0.3) is 5.91 Å². The molecule has 1 fully saturated rings. The predicted molar refractivity (Wildman–Crippen MR) is 133 cm³/mol. The molecule has 182 valence electrons. The van der Waals surface area contributed by atoms with Crippen LogP contribution in [0.1, 0.15) is 30.6 Å². The number of pyridine rings is 1. The number of aromatic nitrogens is 1. The third kappa shape index (κ3) is 7.34. The lowest BCUT2D eigenvalue weighted by atomic mass is 10.1. The van der Waals surface area contributed by atoms with Crippen molar-refractivity contribution in [2.75, 3.05) is 49.5 Å². The zero-order valence-corrected chi connectivity index (χ0v) is 20.3. The van der Waals surface area contributed by atoms with E-state index < -0.39 is 6.03 Å². The molecule has 10 heteroatoms. The molecule has 0 spiro atoms. The van der Waals surface area contributed by atoms with Crippen LogP contribution in [-0.2, 0) is 4.79 Å². The third-order valence-electron chi connectivity index (χ3n) is 5.37. The van der Waals surface area contributed by atoms with Crippen LogP contribution in [0.15, 0.2) is 42.6 Å². The number of hydrogen-bond donors (Lipinski definition) is 3. The molecular weight excluding hydrogens is 456 g/mol. The summed E-state index contributed by atoms with van der Waals surface area (Å²) in [6, 6.07) is 10.1. The highest BCUT2D eigenvalue weighted by molar-refractivity contribution is 6.34. The minimum Gasteiger partial charge on any atom is -0.353 e. The molecule has 2 heterocycles. The zero-order valence-electron chi connectivity index (χ0n) is 19.5. The van der Waals surface area contributed by atoms with E-state index in [0.29, 0.717) is 36.8 Å². The highest BCUT2D eigenvalue weighted by atomic mass is 35.5. The summed E-state index contributed by atoms with van der Waals surface area (Å²) in [5, 5.41) is 8.42. The van der Waals surface area contributed by atoms with Crippen molar-refractivity contribution in [2.45, 2.75) is 20.3 Å². The summed E-state index contributed by atoms with van der Waals surface area (Å²) in [5.41, 5.74) is 0.807. The van der Waals surface area contributed by atoms with E-state index in [1.165, 1.54) is 6.07 Å². The minimum atomic E-state index is -0.444. The van der Waals surface area contributed by atoms with Crippen LogP contribution in [0.4, 0.5) is 16.3 Å². The van der Waals surface area contributed by atoms with Gasteiger partial charge in [0, 0.05) is 57.6 Å². The van der Waals surface area contributed by atoms with Gasteiger partial charge in [0.2, 0.25) is 5.91 Å². The maximum atomic E-state index is 12.5. The van der Waals surface area contributed by atoms with Crippen molar-refractivity contribution in [1.82, 2.24) is 20.5 Å². The standard InChI is InChI=1S/C24H31ClN6O3/c1-17(2)16-28-23(33)19-7-6-18(15-20(19)25)29-24(34)27-10-8-22(32)31-13-11-30(12-14-31)21-5-3-4-9-26-21/h3-7,9,15,17H,8,10-14,16H2,1-2H3,(H,28,33)(H2,27,29,34). The van der Waals surface area contributed by atoms with Crippen LogP contribution >= 0.6 is 11.6 Å². The number of piperazine rings is 1. The molecule has 34 heavy (non-hydrogen) atoms. The molecule has 0 aliphatic carbocycles. The Hall–Kier alpha value is -3.33. The van der Waals surface area contributed by atoms with E-state index in [0.717, 1.165) is 18.9 Å². The Morgan fingerprint density at radius 1 is 1.06 bits per heavy atom. The first-order valence-corrected chi connectivity index (χ1v) is 11.8. The molecule has 0 unspecified atom stereocenters. The summed E-state index contributed by atoms with van der Waals surface area (Å²) < 4.78 is 0. The predicted octanol–water partition coefficient (Wildman–Crippen LogP) is 2.98. The van der Waals surface area contributed by atoms with E-state index in [2.05, 4.69) is 25.8 Å². The Balaban J connectivity index is 1.38. The molecule has 1 aliphatic rings. The lowest BCUT2D eigenvalue weighted by molar-refractivity contribution is -0.131. The van der Waals surface area contributed by atoms with Crippen molar-refractivity contribution >= 4 is 41.0 Å². The first kappa shape index (κ1) is 25.3. The monoisotopic (exact) mass is 486 g/mol. The summed E-state index contributed by atoms with van der Waals surface area (Å²) in [7, 11) is 0. The van der Waals surface area contributed by atoms with Gasteiger partial charge in [-0.25, -0.2) is 9.78 Å². The molecule has 3 N–H and O–H groups in total. The largest absolute Gasteiger partial charge is 0.353 e. The number of nitrogens with one attached hydrogen (secondary N) is 3. The van der Waals surface area contributed by atoms with Crippen LogP contribution in [0.5, 0.6) is 0 Å². The second-order valence-electron chi connectivity index (χ2n) is 8.49. The van der Waals surface area contributed by atoms with Crippen LogP contribution in [0.3, 0.4) is 0 Å². The fraction of sp³-hybridized carbons (Fsp3) is 0.417. The summed E-state index contributed by atoms with van der Waals surface area (Å²) in [6.07, 6.45) is 1.98.